The minimum absolute atomic E-state index is 0. The molecule has 6 heteroatoms. The molecule has 2 radical (unpaired) electrons. The molecule has 0 spiro atoms. The van der Waals surface area contributed by atoms with Crippen molar-refractivity contribution >= 4 is 19.1 Å². The Hall–Kier alpha value is -1.39. The zero-order chi connectivity index (χ0) is 11.5. The van der Waals surface area contributed by atoms with E-state index in [4.69, 9.17) is 0 Å². The Bertz CT molecular complexity index is 436. The monoisotopic (exact) mass is 416 g/mol. The largest absolute Gasteiger partial charge is 0.397 e. The SMILES string of the molecule is [B]1N(c2ccccc2)CCN1c1cnccn1.[Ir]. The van der Waals surface area contributed by atoms with Crippen LogP contribution in [0.15, 0.2) is 48.9 Å². The van der Waals surface area contributed by atoms with E-state index in [-0.39, 0.29) is 20.1 Å². The van der Waals surface area contributed by atoms with Crippen LogP contribution in [-0.2, 0) is 20.1 Å². The summed E-state index contributed by atoms with van der Waals surface area (Å²) in [6.45, 7) is 1.91. The van der Waals surface area contributed by atoms with Crippen molar-refractivity contribution in [3.05, 3.63) is 48.9 Å². The molecule has 3 rings (SSSR count). The predicted octanol–water partition coefficient (Wildman–Crippen LogP) is 1.33. The molecule has 0 N–H and O–H groups in total. The molecule has 1 aliphatic heterocycles. The fraction of sp³-hybridized carbons (Fsp3) is 0.167. The third kappa shape index (κ3) is 2.71. The van der Waals surface area contributed by atoms with Gasteiger partial charge in [-0.05, 0) is 12.1 Å². The van der Waals surface area contributed by atoms with Gasteiger partial charge in [0.25, 0.3) is 0 Å². The first-order valence-electron chi connectivity index (χ1n) is 5.63. The molecule has 1 aliphatic rings. The van der Waals surface area contributed by atoms with E-state index in [2.05, 4.69) is 39.3 Å². The summed E-state index contributed by atoms with van der Waals surface area (Å²) in [7, 11) is 2.08. The van der Waals surface area contributed by atoms with Crippen LogP contribution in [0, 0.1) is 0 Å². The van der Waals surface area contributed by atoms with E-state index in [9.17, 15) is 0 Å². The van der Waals surface area contributed by atoms with E-state index in [0.29, 0.717) is 0 Å². The summed E-state index contributed by atoms with van der Waals surface area (Å²) in [4.78, 5) is 12.7. The van der Waals surface area contributed by atoms with Crippen molar-refractivity contribution in [3.8, 4) is 0 Å². The normalized spacial score (nSPS) is 14.0. The van der Waals surface area contributed by atoms with Gasteiger partial charge in [-0.2, -0.15) is 0 Å². The number of anilines is 2. The third-order valence-electron chi connectivity index (χ3n) is 2.79. The van der Waals surface area contributed by atoms with Crippen molar-refractivity contribution in [2.24, 2.45) is 0 Å². The summed E-state index contributed by atoms with van der Waals surface area (Å²) in [5.41, 5.74) is 1.21. The average Bonchev–Trinajstić information content (AvgIpc) is 2.90. The molecule has 0 amide bonds. The molecular formula is C12H12BIrN4. The van der Waals surface area contributed by atoms with Crippen molar-refractivity contribution < 1.29 is 20.1 Å². The van der Waals surface area contributed by atoms with Gasteiger partial charge in [0, 0.05) is 51.3 Å². The van der Waals surface area contributed by atoms with E-state index >= 15 is 0 Å². The van der Waals surface area contributed by atoms with Crippen LogP contribution < -0.4 is 9.62 Å². The van der Waals surface area contributed by atoms with E-state index in [1.165, 1.54) is 5.69 Å². The zero-order valence-electron chi connectivity index (χ0n) is 9.73. The van der Waals surface area contributed by atoms with Gasteiger partial charge >= 0.3 is 7.55 Å². The van der Waals surface area contributed by atoms with Crippen LogP contribution in [0.5, 0.6) is 0 Å². The molecule has 1 aromatic heterocycles. The fourth-order valence-corrected chi connectivity index (χ4v) is 1.93. The van der Waals surface area contributed by atoms with Gasteiger partial charge in [-0.1, -0.05) is 18.2 Å². The maximum atomic E-state index is 4.29. The van der Waals surface area contributed by atoms with Crippen LogP contribution in [0.2, 0.25) is 0 Å². The van der Waals surface area contributed by atoms with Gasteiger partial charge in [0.15, 0.2) is 0 Å². The Balaban J connectivity index is 0.00000120. The molecule has 18 heavy (non-hydrogen) atoms. The summed E-state index contributed by atoms with van der Waals surface area (Å²) < 4.78 is 0. The Labute approximate surface area is 121 Å². The number of benzene rings is 1. The van der Waals surface area contributed by atoms with Crippen LogP contribution in [-0.4, -0.2) is 30.6 Å². The smallest absolute Gasteiger partial charge is 0.392 e. The van der Waals surface area contributed by atoms with Crippen LogP contribution in [0.4, 0.5) is 11.5 Å². The molecule has 0 aliphatic carbocycles. The molecule has 0 atom stereocenters. The summed E-state index contributed by atoms with van der Waals surface area (Å²) in [6, 6.07) is 10.3. The average molecular weight is 415 g/mol. The maximum Gasteiger partial charge on any atom is 0.392 e. The minimum Gasteiger partial charge on any atom is -0.397 e. The second kappa shape index (κ2) is 5.98. The minimum atomic E-state index is 0. The standard InChI is InChI=1S/C12H12BN4.Ir/c1-2-4-11(5-3-1)16-8-9-17(13-16)12-10-14-6-7-15-12;/h1-7,10H,8-9H2;. The predicted molar refractivity (Wildman–Crippen MR) is 68.9 cm³/mol. The Morgan fingerprint density at radius 2 is 1.78 bits per heavy atom. The van der Waals surface area contributed by atoms with Crippen molar-refractivity contribution in [2.45, 2.75) is 0 Å². The molecule has 2 aromatic rings. The maximum absolute atomic E-state index is 4.29. The molecule has 0 unspecified atom stereocenters. The zero-order valence-corrected chi connectivity index (χ0v) is 12.1. The van der Waals surface area contributed by atoms with Crippen molar-refractivity contribution in [1.82, 2.24) is 9.97 Å². The van der Waals surface area contributed by atoms with Crippen LogP contribution in [0.25, 0.3) is 0 Å². The van der Waals surface area contributed by atoms with E-state index in [1.807, 2.05) is 18.2 Å². The van der Waals surface area contributed by atoms with Gasteiger partial charge in [-0.3, -0.25) is 4.98 Å². The Morgan fingerprint density at radius 3 is 2.50 bits per heavy atom. The van der Waals surface area contributed by atoms with Gasteiger partial charge in [0.1, 0.15) is 5.82 Å². The number of hydrogen-bond donors (Lipinski definition) is 0. The molecular weight excluding hydrogens is 403 g/mol. The quantitative estimate of drug-likeness (QED) is 0.694. The molecule has 1 fully saturated rings. The second-order valence-electron chi connectivity index (χ2n) is 3.90. The van der Waals surface area contributed by atoms with Gasteiger partial charge in [-0.25, -0.2) is 4.98 Å². The van der Waals surface area contributed by atoms with E-state index < -0.39 is 0 Å². The topological polar surface area (TPSA) is 32.3 Å². The summed E-state index contributed by atoms with van der Waals surface area (Å²) in [5.74, 6) is 0.894. The van der Waals surface area contributed by atoms with Crippen LogP contribution >= 0.6 is 0 Å². The number of aromatic nitrogens is 2. The number of para-hydroxylation sites is 1. The molecule has 0 saturated carbocycles. The second-order valence-corrected chi connectivity index (χ2v) is 3.90. The van der Waals surface area contributed by atoms with Crippen molar-refractivity contribution in [3.63, 3.8) is 0 Å². The summed E-state index contributed by atoms with van der Waals surface area (Å²) in [6.07, 6.45) is 5.19. The molecule has 1 saturated heterocycles. The summed E-state index contributed by atoms with van der Waals surface area (Å²) in [5, 5.41) is 0. The van der Waals surface area contributed by atoms with Gasteiger partial charge in [-0.15, -0.1) is 0 Å². The first-order chi connectivity index (χ1) is 8.43. The number of rotatable bonds is 2. The van der Waals surface area contributed by atoms with Gasteiger partial charge in [0.2, 0.25) is 0 Å². The first-order valence-corrected chi connectivity index (χ1v) is 5.63. The van der Waals surface area contributed by atoms with Crippen LogP contribution in [0.3, 0.4) is 0 Å². The third-order valence-corrected chi connectivity index (χ3v) is 2.79. The van der Waals surface area contributed by atoms with E-state index in [0.717, 1.165) is 18.9 Å². The molecule has 92 valence electrons. The van der Waals surface area contributed by atoms with E-state index in [1.54, 1.807) is 18.6 Å². The van der Waals surface area contributed by atoms with Crippen LogP contribution in [0.1, 0.15) is 0 Å². The van der Waals surface area contributed by atoms with Gasteiger partial charge in [0.05, 0.1) is 6.20 Å². The van der Waals surface area contributed by atoms with Gasteiger partial charge < -0.3 is 9.62 Å². The van der Waals surface area contributed by atoms with Crippen molar-refractivity contribution in [1.29, 1.82) is 0 Å². The fourth-order valence-electron chi connectivity index (χ4n) is 1.93. The number of nitrogens with zero attached hydrogens (tertiary/aromatic N) is 4. The molecule has 2 heterocycles. The number of hydrogen-bond acceptors (Lipinski definition) is 4. The molecule has 4 nitrogen and oxygen atoms in total. The summed E-state index contributed by atoms with van der Waals surface area (Å²) >= 11 is 0. The molecule has 0 bridgehead atoms. The van der Waals surface area contributed by atoms with Crippen molar-refractivity contribution in [2.75, 3.05) is 22.7 Å². The Kier molecular flexibility index (Phi) is 4.34. The molecule has 1 aromatic carbocycles. The Morgan fingerprint density at radius 1 is 1.00 bits per heavy atom. The first kappa shape index (κ1) is 13.1.